The Morgan fingerprint density at radius 1 is 0.941 bits per heavy atom. The molecule has 86 valence electrons. The van der Waals surface area contributed by atoms with Gasteiger partial charge in [0.1, 0.15) is 0 Å². The maximum atomic E-state index is 5.68. The predicted molar refractivity (Wildman–Crippen MR) is 70.7 cm³/mol. The zero-order chi connectivity index (χ0) is 11.7. The first-order valence-corrected chi connectivity index (χ1v) is 5.98. The van der Waals surface area contributed by atoms with Gasteiger partial charge >= 0.3 is 0 Å². The number of hydrogen-bond donors (Lipinski definition) is 2. The van der Waals surface area contributed by atoms with E-state index in [1.807, 2.05) is 12.1 Å². The minimum Gasteiger partial charge on any atom is -0.399 e. The molecule has 3 N–H and O–H groups in total. The number of hydrogen-bond acceptors (Lipinski definition) is 2. The van der Waals surface area contributed by atoms with Gasteiger partial charge in [0.15, 0.2) is 0 Å². The second-order valence-corrected chi connectivity index (χ2v) is 4.61. The van der Waals surface area contributed by atoms with Crippen LogP contribution in [0, 0.1) is 0 Å². The lowest BCUT2D eigenvalue weighted by Gasteiger charge is -2.00. The molecule has 2 aromatic rings. The van der Waals surface area contributed by atoms with Crippen molar-refractivity contribution in [3.8, 4) is 0 Å². The van der Waals surface area contributed by atoms with Gasteiger partial charge in [-0.15, -0.1) is 0 Å². The number of rotatable bonds is 3. The summed E-state index contributed by atoms with van der Waals surface area (Å²) in [4.78, 5) is 0. The number of anilines is 1. The van der Waals surface area contributed by atoms with Crippen LogP contribution in [-0.4, -0.2) is 6.04 Å². The minimum atomic E-state index is 0.522. The Hall–Kier alpha value is -1.80. The summed E-state index contributed by atoms with van der Waals surface area (Å²) in [6.07, 6.45) is 1.07. The molecule has 2 nitrogen and oxygen atoms in total. The van der Waals surface area contributed by atoms with Gasteiger partial charge < -0.3 is 11.1 Å². The fourth-order valence-corrected chi connectivity index (χ4v) is 2.25. The van der Waals surface area contributed by atoms with Crippen LogP contribution in [0.25, 0.3) is 0 Å². The summed E-state index contributed by atoms with van der Waals surface area (Å²) in [5.74, 6) is 0. The fourth-order valence-electron chi connectivity index (χ4n) is 2.25. The molecule has 1 heterocycles. The van der Waals surface area contributed by atoms with Crippen molar-refractivity contribution >= 4 is 5.69 Å². The predicted octanol–water partition coefficient (Wildman–Crippen LogP) is 2.52. The van der Waals surface area contributed by atoms with E-state index in [-0.39, 0.29) is 0 Å². The molecule has 0 saturated carbocycles. The van der Waals surface area contributed by atoms with Crippen LogP contribution in [0.2, 0.25) is 0 Å². The Morgan fingerprint density at radius 3 is 2.35 bits per heavy atom. The first kappa shape index (κ1) is 10.4. The Bertz CT molecular complexity index is 490. The minimum absolute atomic E-state index is 0.522. The molecule has 1 aliphatic rings. The highest BCUT2D eigenvalue weighted by Gasteiger charge is 2.36. The zero-order valence-electron chi connectivity index (χ0n) is 9.64. The van der Waals surface area contributed by atoms with Crippen molar-refractivity contribution in [2.45, 2.75) is 18.5 Å². The summed E-state index contributed by atoms with van der Waals surface area (Å²) < 4.78 is 0. The van der Waals surface area contributed by atoms with Gasteiger partial charge in [0, 0.05) is 17.8 Å². The van der Waals surface area contributed by atoms with Crippen LogP contribution in [0.15, 0.2) is 54.6 Å². The molecule has 0 bridgehead atoms. The van der Waals surface area contributed by atoms with Gasteiger partial charge in [-0.3, -0.25) is 0 Å². The fraction of sp³-hybridized carbons (Fsp3) is 0.200. The molecule has 1 aliphatic heterocycles. The lowest BCUT2D eigenvalue weighted by molar-refractivity contribution is 0.902. The first-order valence-electron chi connectivity index (χ1n) is 5.98. The van der Waals surface area contributed by atoms with E-state index in [0.717, 1.165) is 12.1 Å². The summed E-state index contributed by atoms with van der Waals surface area (Å²) >= 11 is 0. The van der Waals surface area contributed by atoms with E-state index in [2.05, 4.69) is 47.8 Å². The highest BCUT2D eigenvalue weighted by Crippen LogP contribution is 2.31. The van der Waals surface area contributed by atoms with Crippen molar-refractivity contribution in [2.24, 2.45) is 0 Å². The SMILES string of the molecule is Nc1ccc(CC2NC2c2ccccc2)cc1. The Balaban J connectivity index is 1.64. The van der Waals surface area contributed by atoms with Crippen LogP contribution in [0.5, 0.6) is 0 Å². The Kier molecular flexibility index (Phi) is 2.57. The summed E-state index contributed by atoms with van der Waals surface area (Å²) in [6.45, 7) is 0. The van der Waals surface area contributed by atoms with E-state index in [4.69, 9.17) is 5.73 Å². The Morgan fingerprint density at radius 2 is 1.65 bits per heavy atom. The van der Waals surface area contributed by atoms with Crippen LogP contribution in [0.4, 0.5) is 5.69 Å². The van der Waals surface area contributed by atoms with E-state index in [0.29, 0.717) is 12.1 Å². The molecule has 2 aromatic carbocycles. The monoisotopic (exact) mass is 224 g/mol. The van der Waals surface area contributed by atoms with Gasteiger partial charge in [0.25, 0.3) is 0 Å². The molecule has 17 heavy (non-hydrogen) atoms. The molecule has 0 spiro atoms. The molecule has 3 rings (SSSR count). The highest BCUT2D eigenvalue weighted by atomic mass is 15.1. The van der Waals surface area contributed by atoms with Crippen molar-refractivity contribution < 1.29 is 0 Å². The van der Waals surface area contributed by atoms with E-state index in [1.165, 1.54) is 11.1 Å². The summed E-state index contributed by atoms with van der Waals surface area (Å²) in [5, 5.41) is 3.52. The average molecular weight is 224 g/mol. The molecule has 0 amide bonds. The van der Waals surface area contributed by atoms with Gasteiger partial charge in [-0.05, 0) is 29.7 Å². The van der Waals surface area contributed by atoms with Crippen LogP contribution in [0.3, 0.4) is 0 Å². The standard InChI is InChI=1S/C15H16N2/c16-13-8-6-11(7-9-13)10-14-15(17-14)12-4-2-1-3-5-12/h1-9,14-15,17H,10,16H2. The number of benzene rings is 2. The summed E-state index contributed by atoms with van der Waals surface area (Å²) in [5.41, 5.74) is 9.23. The van der Waals surface area contributed by atoms with Gasteiger partial charge in [-0.1, -0.05) is 42.5 Å². The molecule has 2 unspecified atom stereocenters. The average Bonchev–Trinajstić information content (AvgIpc) is 3.13. The molecule has 2 atom stereocenters. The molecule has 2 heteroatoms. The van der Waals surface area contributed by atoms with Crippen molar-refractivity contribution in [1.29, 1.82) is 0 Å². The quantitative estimate of drug-likeness (QED) is 0.621. The molecular weight excluding hydrogens is 208 g/mol. The van der Waals surface area contributed by atoms with Crippen molar-refractivity contribution in [2.75, 3.05) is 5.73 Å². The van der Waals surface area contributed by atoms with Crippen LogP contribution in [0.1, 0.15) is 17.2 Å². The van der Waals surface area contributed by atoms with Crippen LogP contribution in [-0.2, 0) is 6.42 Å². The first-order chi connectivity index (χ1) is 8.33. The topological polar surface area (TPSA) is 48.0 Å². The van der Waals surface area contributed by atoms with Crippen molar-refractivity contribution in [3.63, 3.8) is 0 Å². The summed E-state index contributed by atoms with van der Waals surface area (Å²) in [6, 6.07) is 19.8. The molecule has 1 fully saturated rings. The van der Waals surface area contributed by atoms with Crippen molar-refractivity contribution in [3.05, 3.63) is 65.7 Å². The third-order valence-electron chi connectivity index (χ3n) is 3.28. The second kappa shape index (κ2) is 4.22. The largest absolute Gasteiger partial charge is 0.399 e. The molecule has 0 aliphatic carbocycles. The maximum Gasteiger partial charge on any atom is 0.0482 e. The number of nitrogens with two attached hydrogens (primary N) is 1. The van der Waals surface area contributed by atoms with Gasteiger partial charge in [0.05, 0.1) is 0 Å². The normalized spacial score (nSPS) is 22.4. The molecule has 0 aromatic heterocycles. The molecule has 1 saturated heterocycles. The second-order valence-electron chi connectivity index (χ2n) is 4.61. The van der Waals surface area contributed by atoms with Gasteiger partial charge in [0.2, 0.25) is 0 Å². The van der Waals surface area contributed by atoms with E-state index < -0.39 is 0 Å². The lowest BCUT2D eigenvalue weighted by atomic mass is 10.0. The van der Waals surface area contributed by atoms with Gasteiger partial charge in [-0.2, -0.15) is 0 Å². The Labute approximate surface area is 101 Å². The number of nitrogen functional groups attached to an aromatic ring is 1. The van der Waals surface area contributed by atoms with Crippen LogP contribution < -0.4 is 11.1 Å². The number of nitrogens with one attached hydrogen (secondary N) is 1. The third kappa shape index (κ3) is 2.32. The van der Waals surface area contributed by atoms with Gasteiger partial charge in [-0.25, -0.2) is 0 Å². The van der Waals surface area contributed by atoms with E-state index in [9.17, 15) is 0 Å². The van der Waals surface area contributed by atoms with E-state index >= 15 is 0 Å². The smallest absolute Gasteiger partial charge is 0.0482 e. The van der Waals surface area contributed by atoms with Crippen LogP contribution >= 0.6 is 0 Å². The molecular formula is C15H16N2. The zero-order valence-corrected chi connectivity index (χ0v) is 9.64. The maximum absolute atomic E-state index is 5.68. The third-order valence-corrected chi connectivity index (χ3v) is 3.28. The van der Waals surface area contributed by atoms with Crippen molar-refractivity contribution in [1.82, 2.24) is 5.32 Å². The summed E-state index contributed by atoms with van der Waals surface area (Å²) in [7, 11) is 0. The molecule has 0 radical (unpaired) electrons. The lowest BCUT2D eigenvalue weighted by Crippen LogP contribution is -1.97. The van der Waals surface area contributed by atoms with E-state index in [1.54, 1.807) is 0 Å². The highest BCUT2D eigenvalue weighted by molar-refractivity contribution is 5.40.